The lowest BCUT2D eigenvalue weighted by molar-refractivity contribution is 0.648. The van der Waals surface area contributed by atoms with Crippen LogP contribution in [0.1, 0.15) is 26.2 Å². The summed E-state index contributed by atoms with van der Waals surface area (Å²) in [6.45, 7) is 2.16. The summed E-state index contributed by atoms with van der Waals surface area (Å²) in [5, 5.41) is 8.70. The van der Waals surface area contributed by atoms with Crippen LogP contribution < -0.4 is 0 Å². The van der Waals surface area contributed by atoms with Crippen LogP contribution in [0.15, 0.2) is 0 Å². The summed E-state index contributed by atoms with van der Waals surface area (Å²) >= 11 is 1.94. The van der Waals surface area contributed by atoms with Crippen molar-refractivity contribution in [1.82, 2.24) is 0 Å². The molecule has 0 aromatic heterocycles. The van der Waals surface area contributed by atoms with Crippen LogP contribution in [-0.4, -0.2) is 11.5 Å². The minimum Gasteiger partial charge on any atom is -0.198 e. The Balaban J connectivity index is 2.09. The third kappa shape index (κ3) is 1.91. The molecular weight excluding hydrogens is 142 g/mol. The second kappa shape index (κ2) is 3.30. The Kier molecular flexibility index (Phi) is 2.62. The van der Waals surface area contributed by atoms with E-state index in [0.717, 1.165) is 19.3 Å². The summed E-state index contributed by atoms with van der Waals surface area (Å²) in [6.07, 6.45) is 3.41. The Morgan fingerprint density at radius 1 is 1.60 bits per heavy atom. The number of hydrogen-bond acceptors (Lipinski definition) is 2. The maximum Gasteiger partial charge on any atom is 0.0690 e. The molecular formula is C8H13NS. The monoisotopic (exact) mass is 155 g/mol. The molecule has 0 aromatic carbocycles. The van der Waals surface area contributed by atoms with E-state index in [1.54, 1.807) is 0 Å². The van der Waals surface area contributed by atoms with Gasteiger partial charge in [-0.1, -0.05) is 6.92 Å². The first kappa shape index (κ1) is 7.94. The Morgan fingerprint density at radius 3 is 2.70 bits per heavy atom. The maximum absolute atomic E-state index is 8.70. The summed E-state index contributed by atoms with van der Waals surface area (Å²) in [7, 11) is 0. The van der Waals surface area contributed by atoms with Gasteiger partial charge in [0.25, 0.3) is 0 Å². The van der Waals surface area contributed by atoms with Crippen LogP contribution in [-0.2, 0) is 0 Å². The van der Waals surface area contributed by atoms with Crippen molar-refractivity contribution in [3.8, 4) is 6.07 Å². The number of rotatable bonds is 4. The Hall–Kier alpha value is -0.160. The van der Waals surface area contributed by atoms with Crippen LogP contribution in [0.25, 0.3) is 0 Å². The van der Waals surface area contributed by atoms with Crippen molar-refractivity contribution in [3.63, 3.8) is 0 Å². The number of thioether (sulfide) groups is 1. The zero-order valence-electron chi connectivity index (χ0n) is 6.39. The van der Waals surface area contributed by atoms with Crippen molar-refractivity contribution in [1.29, 1.82) is 5.26 Å². The van der Waals surface area contributed by atoms with E-state index in [1.807, 2.05) is 11.8 Å². The molecule has 56 valence electrons. The average molecular weight is 155 g/mol. The molecule has 1 aliphatic carbocycles. The number of nitrogens with zero attached hydrogens (tertiary/aromatic N) is 1. The molecule has 2 heteroatoms. The smallest absolute Gasteiger partial charge is 0.0690 e. The molecule has 1 rings (SSSR count). The number of hydrogen-bond donors (Lipinski definition) is 0. The lowest BCUT2D eigenvalue weighted by atomic mass is 10.1. The molecule has 10 heavy (non-hydrogen) atoms. The third-order valence-electron chi connectivity index (χ3n) is 2.02. The zero-order valence-corrected chi connectivity index (χ0v) is 7.21. The van der Waals surface area contributed by atoms with Crippen molar-refractivity contribution in [2.45, 2.75) is 26.2 Å². The molecule has 0 N–H and O–H groups in total. The molecule has 0 unspecified atom stereocenters. The van der Waals surface area contributed by atoms with Gasteiger partial charge in [-0.05, 0) is 30.8 Å². The van der Waals surface area contributed by atoms with Gasteiger partial charge in [0.2, 0.25) is 0 Å². The second-order valence-corrected chi connectivity index (χ2v) is 4.23. The van der Waals surface area contributed by atoms with Crippen LogP contribution in [0.5, 0.6) is 0 Å². The third-order valence-corrected chi connectivity index (χ3v) is 2.92. The summed E-state index contributed by atoms with van der Waals surface area (Å²) < 4.78 is 0. The Labute approximate surface area is 66.8 Å². The fourth-order valence-corrected chi connectivity index (χ4v) is 1.80. The molecule has 0 aliphatic heterocycles. The van der Waals surface area contributed by atoms with Gasteiger partial charge in [0.15, 0.2) is 0 Å². The van der Waals surface area contributed by atoms with Crippen molar-refractivity contribution in [2.24, 2.45) is 5.41 Å². The van der Waals surface area contributed by atoms with Crippen molar-refractivity contribution in [2.75, 3.05) is 11.5 Å². The minimum atomic E-state index is 0.127. The van der Waals surface area contributed by atoms with E-state index in [9.17, 15) is 0 Å². The topological polar surface area (TPSA) is 23.8 Å². The van der Waals surface area contributed by atoms with Gasteiger partial charge in [-0.3, -0.25) is 0 Å². The molecule has 1 fully saturated rings. The summed E-state index contributed by atoms with van der Waals surface area (Å²) in [5.74, 6) is 2.35. The van der Waals surface area contributed by atoms with E-state index in [-0.39, 0.29) is 5.41 Å². The normalized spacial score (nSPS) is 20.0. The van der Waals surface area contributed by atoms with Crippen LogP contribution in [0.3, 0.4) is 0 Å². The molecule has 0 spiro atoms. The zero-order chi connectivity index (χ0) is 7.45. The first-order chi connectivity index (χ1) is 4.83. The van der Waals surface area contributed by atoms with Gasteiger partial charge >= 0.3 is 0 Å². The Morgan fingerprint density at radius 2 is 2.30 bits per heavy atom. The summed E-state index contributed by atoms with van der Waals surface area (Å²) in [6, 6.07) is 2.40. The maximum atomic E-state index is 8.70. The van der Waals surface area contributed by atoms with Crippen LogP contribution in [0.2, 0.25) is 0 Å². The molecule has 0 atom stereocenters. The molecule has 1 aliphatic rings. The quantitative estimate of drug-likeness (QED) is 0.582. The van der Waals surface area contributed by atoms with Gasteiger partial charge in [-0.15, -0.1) is 0 Å². The molecule has 0 radical (unpaired) electrons. The number of nitriles is 1. The molecule has 0 heterocycles. The molecule has 0 aromatic rings. The van der Waals surface area contributed by atoms with E-state index in [0.29, 0.717) is 0 Å². The minimum absolute atomic E-state index is 0.127. The highest BCUT2D eigenvalue weighted by Gasteiger charge is 2.42. The molecule has 1 nitrogen and oxygen atoms in total. The molecule has 0 amide bonds. The van der Waals surface area contributed by atoms with Crippen LogP contribution >= 0.6 is 11.8 Å². The largest absolute Gasteiger partial charge is 0.198 e. The lowest BCUT2D eigenvalue weighted by Gasteiger charge is -2.02. The van der Waals surface area contributed by atoms with E-state index < -0.39 is 0 Å². The van der Waals surface area contributed by atoms with Crippen molar-refractivity contribution in [3.05, 3.63) is 0 Å². The van der Waals surface area contributed by atoms with Crippen LogP contribution in [0, 0.1) is 16.7 Å². The molecule has 1 saturated carbocycles. The van der Waals surface area contributed by atoms with Gasteiger partial charge in [0.05, 0.1) is 11.5 Å². The fourth-order valence-electron chi connectivity index (χ4n) is 0.980. The van der Waals surface area contributed by atoms with Crippen molar-refractivity contribution < 1.29 is 0 Å². The first-order valence-corrected chi connectivity index (χ1v) is 4.97. The van der Waals surface area contributed by atoms with Gasteiger partial charge in [-0.25, -0.2) is 0 Å². The van der Waals surface area contributed by atoms with E-state index in [2.05, 4.69) is 13.0 Å². The highest BCUT2D eigenvalue weighted by Crippen LogP contribution is 2.48. The van der Waals surface area contributed by atoms with Gasteiger partial charge < -0.3 is 0 Å². The van der Waals surface area contributed by atoms with Crippen molar-refractivity contribution >= 4 is 11.8 Å². The van der Waals surface area contributed by atoms with Gasteiger partial charge in [0, 0.05) is 0 Å². The summed E-state index contributed by atoms with van der Waals surface area (Å²) in [5.41, 5.74) is 0.127. The lowest BCUT2D eigenvalue weighted by Crippen LogP contribution is -1.97. The summed E-state index contributed by atoms with van der Waals surface area (Å²) in [4.78, 5) is 0. The average Bonchev–Trinajstić information content (AvgIpc) is 2.70. The van der Waals surface area contributed by atoms with E-state index >= 15 is 0 Å². The molecule has 0 saturated heterocycles. The van der Waals surface area contributed by atoms with Gasteiger partial charge in [0.1, 0.15) is 0 Å². The highest BCUT2D eigenvalue weighted by molar-refractivity contribution is 7.99. The SMILES string of the molecule is CCSCCC1(C#N)CC1. The van der Waals surface area contributed by atoms with Gasteiger partial charge in [-0.2, -0.15) is 17.0 Å². The molecule has 0 bridgehead atoms. The van der Waals surface area contributed by atoms with E-state index in [1.165, 1.54) is 11.5 Å². The standard InChI is InChI=1S/C8H13NS/c1-2-10-6-5-8(7-9)3-4-8/h2-6H2,1H3. The first-order valence-electron chi connectivity index (χ1n) is 3.82. The van der Waals surface area contributed by atoms with E-state index in [4.69, 9.17) is 5.26 Å². The predicted octanol–water partition coefficient (Wildman–Crippen LogP) is 2.43. The second-order valence-electron chi connectivity index (χ2n) is 2.84. The predicted molar refractivity (Wildman–Crippen MR) is 44.9 cm³/mol. The van der Waals surface area contributed by atoms with Crippen LogP contribution in [0.4, 0.5) is 0 Å². The highest BCUT2D eigenvalue weighted by atomic mass is 32.2. The fraction of sp³-hybridized carbons (Fsp3) is 0.875. The Bertz CT molecular complexity index is 144.